The van der Waals surface area contributed by atoms with Crippen molar-refractivity contribution in [3.05, 3.63) is 34.9 Å². The van der Waals surface area contributed by atoms with E-state index in [-0.39, 0.29) is 26.1 Å². The van der Waals surface area contributed by atoms with Crippen LogP contribution in [0.5, 0.6) is 0 Å². The van der Waals surface area contributed by atoms with Gasteiger partial charge >= 0.3 is 12.1 Å². The molecule has 11 nitrogen and oxygen atoms in total. The molecule has 4 amide bonds. The number of unbranched alkanes of at least 4 members (excludes halogenated alkanes) is 5. The maximum atomic E-state index is 14.2. The Morgan fingerprint density at radius 2 is 1.63 bits per heavy atom. The molecule has 242 valence electrons. The van der Waals surface area contributed by atoms with Crippen molar-refractivity contribution in [2.24, 2.45) is 5.73 Å². The standard InChI is InChI=1S/C32H52N4O7/c1-8-10-11-12-13-14-19-36(30(40)25(21-26(33)37)35-31(41)43-32(5,6)7)28(24-16-15-22(3)20-23(24)4)29(39)34-18-17-27(38)42-9-2/h15-16,20,25,28H,8-14,17-19,21H2,1-7H3,(H2,33,37)(H,34,39)(H,35,41). The number of carbonyl (C=O) groups is 5. The summed E-state index contributed by atoms with van der Waals surface area (Å²) >= 11 is 0. The topological polar surface area (TPSA) is 157 Å². The number of aryl methyl sites for hydroxylation is 2. The van der Waals surface area contributed by atoms with E-state index in [1.54, 1.807) is 33.8 Å². The number of carbonyl (C=O) groups excluding carboxylic acids is 5. The van der Waals surface area contributed by atoms with Gasteiger partial charge in [0.1, 0.15) is 17.7 Å². The zero-order valence-electron chi connectivity index (χ0n) is 27.0. The van der Waals surface area contributed by atoms with Gasteiger partial charge in [-0.3, -0.25) is 19.2 Å². The second-order valence-electron chi connectivity index (χ2n) is 11.8. The second kappa shape index (κ2) is 18.8. The molecule has 0 saturated carbocycles. The molecule has 0 aliphatic heterocycles. The monoisotopic (exact) mass is 604 g/mol. The summed E-state index contributed by atoms with van der Waals surface area (Å²) in [6.07, 6.45) is 4.27. The first-order valence-electron chi connectivity index (χ1n) is 15.3. The van der Waals surface area contributed by atoms with Crippen LogP contribution in [0.4, 0.5) is 4.79 Å². The lowest BCUT2D eigenvalue weighted by atomic mass is 9.95. The number of nitrogens with zero attached hydrogens (tertiary/aromatic N) is 1. The number of rotatable bonds is 18. The maximum absolute atomic E-state index is 14.2. The van der Waals surface area contributed by atoms with Gasteiger partial charge in [-0.25, -0.2) is 4.79 Å². The van der Waals surface area contributed by atoms with Crippen LogP contribution in [-0.4, -0.2) is 66.0 Å². The highest BCUT2D eigenvalue weighted by molar-refractivity contribution is 5.94. The predicted molar refractivity (Wildman–Crippen MR) is 165 cm³/mol. The van der Waals surface area contributed by atoms with E-state index in [1.165, 1.54) is 4.90 Å². The van der Waals surface area contributed by atoms with E-state index in [9.17, 15) is 24.0 Å². The van der Waals surface area contributed by atoms with Crippen LogP contribution in [0.1, 0.15) is 109 Å². The molecule has 2 unspecified atom stereocenters. The van der Waals surface area contributed by atoms with Crippen LogP contribution in [0, 0.1) is 13.8 Å². The van der Waals surface area contributed by atoms with Crippen molar-refractivity contribution < 1.29 is 33.4 Å². The zero-order valence-corrected chi connectivity index (χ0v) is 27.0. The average molecular weight is 605 g/mol. The van der Waals surface area contributed by atoms with Crippen molar-refractivity contribution >= 4 is 29.8 Å². The molecule has 0 aliphatic rings. The highest BCUT2D eigenvalue weighted by atomic mass is 16.6. The highest BCUT2D eigenvalue weighted by Crippen LogP contribution is 2.27. The van der Waals surface area contributed by atoms with Crippen molar-refractivity contribution in [2.75, 3.05) is 19.7 Å². The quantitative estimate of drug-likeness (QED) is 0.166. The molecule has 0 fully saturated rings. The van der Waals surface area contributed by atoms with Crippen LogP contribution in [0.3, 0.4) is 0 Å². The number of hydrogen-bond acceptors (Lipinski definition) is 7. The molecule has 0 heterocycles. The van der Waals surface area contributed by atoms with Gasteiger partial charge in [-0.2, -0.15) is 0 Å². The summed E-state index contributed by atoms with van der Waals surface area (Å²) in [5.41, 5.74) is 7.00. The number of ether oxygens (including phenoxy) is 2. The lowest BCUT2D eigenvalue weighted by Gasteiger charge is -2.35. The van der Waals surface area contributed by atoms with Gasteiger partial charge < -0.3 is 30.7 Å². The summed E-state index contributed by atoms with van der Waals surface area (Å²) in [5, 5.41) is 5.28. The Balaban J connectivity index is 3.50. The third kappa shape index (κ3) is 14.4. The zero-order chi connectivity index (χ0) is 32.6. The van der Waals surface area contributed by atoms with E-state index >= 15 is 0 Å². The Kier molecular flexibility index (Phi) is 16.4. The normalized spacial score (nSPS) is 12.5. The Labute approximate surface area is 256 Å². The summed E-state index contributed by atoms with van der Waals surface area (Å²) in [5.74, 6) is -2.38. The first-order valence-corrected chi connectivity index (χ1v) is 15.3. The molecule has 0 bridgehead atoms. The minimum atomic E-state index is -1.35. The second-order valence-corrected chi connectivity index (χ2v) is 11.8. The molecule has 1 aromatic carbocycles. The van der Waals surface area contributed by atoms with Gasteiger partial charge in [0.05, 0.1) is 19.4 Å². The molecule has 0 aliphatic carbocycles. The lowest BCUT2D eigenvalue weighted by Crippen LogP contribution is -2.54. The van der Waals surface area contributed by atoms with Crippen LogP contribution in [0.2, 0.25) is 0 Å². The Hall–Kier alpha value is -3.63. The van der Waals surface area contributed by atoms with E-state index in [1.807, 2.05) is 26.0 Å². The SMILES string of the molecule is CCCCCCCCN(C(=O)C(CC(N)=O)NC(=O)OC(C)(C)C)C(C(=O)NCCC(=O)OCC)c1ccc(C)cc1C. The van der Waals surface area contributed by atoms with Gasteiger partial charge in [-0.15, -0.1) is 0 Å². The molecule has 1 rings (SSSR count). The van der Waals surface area contributed by atoms with Crippen molar-refractivity contribution in [1.82, 2.24) is 15.5 Å². The largest absolute Gasteiger partial charge is 0.466 e. The van der Waals surface area contributed by atoms with E-state index in [4.69, 9.17) is 15.2 Å². The van der Waals surface area contributed by atoms with E-state index in [0.29, 0.717) is 12.0 Å². The minimum absolute atomic E-state index is 0.0129. The smallest absolute Gasteiger partial charge is 0.408 e. The van der Waals surface area contributed by atoms with Crippen LogP contribution < -0.4 is 16.4 Å². The number of nitrogens with one attached hydrogen (secondary N) is 2. The van der Waals surface area contributed by atoms with E-state index < -0.39 is 53.9 Å². The molecule has 0 radical (unpaired) electrons. The van der Waals surface area contributed by atoms with Crippen LogP contribution in [-0.2, 0) is 28.7 Å². The number of esters is 1. The summed E-state index contributed by atoms with van der Waals surface area (Å²) in [4.78, 5) is 66.1. The molecular weight excluding hydrogens is 552 g/mol. The number of benzene rings is 1. The maximum Gasteiger partial charge on any atom is 0.408 e. The third-order valence-corrected chi connectivity index (χ3v) is 6.64. The molecule has 11 heteroatoms. The van der Waals surface area contributed by atoms with Gasteiger partial charge in [0, 0.05) is 13.1 Å². The first kappa shape index (κ1) is 37.4. The number of nitrogens with two attached hydrogens (primary N) is 1. The van der Waals surface area contributed by atoms with Crippen molar-refractivity contribution in [3.8, 4) is 0 Å². The van der Waals surface area contributed by atoms with Crippen molar-refractivity contribution in [1.29, 1.82) is 0 Å². The number of amides is 4. The molecule has 43 heavy (non-hydrogen) atoms. The van der Waals surface area contributed by atoms with Crippen LogP contribution in [0.15, 0.2) is 18.2 Å². The number of hydrogen-bond donors (Lipinski definition) is 3. The average Bonchev–Trinajstić information content (AvgIpc) is 2.88. The molecule has 1 aromatic rings. The molecule has 0 spiro atoms. The molecule has 0 saturated heterocycles. The Bertz CT molecular complexity index is 1080. The van der Waals surface area contributed by atoms with Gasteiger partial charge in [-0.05, 0) is 59.1 Å². The van der Waals surface area contributed by atoms with E-state index in [2.05, 4.69) is 17.6 Å². The van der Waals surface area contributed by atoms with Crippen LogP contribution in [0.25, 0.3) is 0 Å². The minimum Gasteiger partial charge on any atom is -0.466 e. The van der Waals surface area contributed by atoms with Gasteiger partial charge in [0.15, 0.2) is 0 Å². The predicted octanol–water partition coefficient (Wildman–Crippen LogP) is 4.37. The number of primary amides is 1. The summed E-state index contributed by atoms with van der Waals surface area (Å²) in [6, 6.07) is 3.12. The molecule has 4 N–H and O–H groups in total. The molecule has 2 atom stereocenters. The summed E-state index contributed by atoms with van der Waals surface area (Å²) in [6.45, 7) is 13.1. The molecular formula is C32H52N4O7. The summed E-state index contributed by atoms with van der Waals surface area (Å²) < 4.78 is 10.3. The van der Waals surface area contributed by atoms with Gasteiger partial charge in [0.2, 0.25) is 17.7 Å². The summed E-state index contributed by atoms with van der Waals surface area (Å²) in [7, 11) is 0. The van der Waals surface area contributed by atoms with Crippen molar-refractivity contribution in [2.45, 2.75) is 118 Å². The molecule has 0 aromatic heterocycles. The highest BCUT2D eigenvalue weighted by Gasteiger charge is 2.37. The van der Waals surface area contributed by atoms with E-state index in [0.717, 1.165) is 43.2 Å². The Morgan fingerprint density at radius 1 is 0.977 bits per heavy atom. The van der Waals surface area contributed by atoms with Gasteiger partial charge in [0.25, 0.3) is 0 Å². The third-order valence-electron chi connectivity index (χ3n) is 6.64. The fourth-order valence-corrected chi connectivity index (χ4v) is 4.68. The first-order chi connectivity index (χ1) is 20.2. The Morgan fingerprint density at radius 3 is 2.21 bits per heavy atom. The fraction of sp³-hybridized carbons (Fsp3) is 0.656. The number of alkyl carbamates (subject to hydrolysis) is 1. The lowest BCUT2D eigenvalue weighted by molar-refractivity contribution is -0.144. The fourth-order valence-electron chi connectivity index (χ4n) is 4.68. The van der Waals surface area contributed by atoms with Gasteiger partial charge in [-0.1, -0.05) is 62.8 Å². The van der Waals surface area contributed by atoms with Crippen molar-refractivity contribution in [3.63, 3.8) is 0 Å². The van der Waals surface area contributed by atoms with Crippen LogP contribution >= 0.6 is 0 Å².